The van der Waals surface area contributed by atoms with Crippen molar-refractivity contribution < 1.29 is 4.74 Å². The topological polar surface area (TPSA) is 9.23 Å². The Balaban J connectivity index is 2.91. The van der Waals surface area contributed by atoms with Gasteiger partial charge in [-0.1, -0.05) is 22.0 Å². The van der Waals surface area contributed by atoms with Crippen LogP contribution in [0.5, 0.6) is 5.75 Å². The van der Waals surface area contributed by atoms with Crippen LogP contribution in [0, 0.1) is 6.92 Å². The Morgan fingerprint density at radius 1 is 1.46 bits per heavy atom. The van der Waals surface area contributed by atoms with E-state index in [0.29, 0.717) is 6.61 Å². The lowest BCUT2D eigenvalue weighted by Crippen LogP contribution is -1.93. The molecule has 13 heavy (non-hydrogen) atoms. The average molecular weight is 241 g/mol. The average Bonchev–Trinajstić information content (AvgIpc) is 2.10. The molecule has 0 aliphatic rings. The van der Waals surface area contributed by atoms with Crippen molar-refractivity contribution in [3.63, 3.8) is 0 Å². The van der Waals surface area contributed by atoms with E-state index >= 15 is 0 Å². The first kappa shape index (κ1) is 10.3. The summed E-state index contributed by atoms with van der Waals surface area (Å²) in [6, 6.07) is 6.14. The van der Waals surface area contributed by atoms with Crippen LogP contribution in [0.3, 0.4) is 0 Å². The highest BCUT2D eigenvalue weighted by Crippen LogP contribution is 2.19. The summed E-state index contributed by atoms with van der Waals surface area (Å²) in [6.07, 6.45) is 2.00. The Hall–Kier alpha value is -0.760. The molecule has 0 bridgehead atoms. The zero-order valence-electron chi connectivity index (χ0n) is 7.88. The molecular formula is C11H13BrO. The number of halogens is 1. The van der Waals surface area contributed by atoms with Crippen LogP contribution in [0.15, 0.2) is 23.2 Å². The van der Waals surface area contributed by atoms with Gasteiger partial charge >= 0.3 is 0 Å². The van der Waals surface area contributed by atoms with Gasteiger partial charge in [0.1, 0.15) is 5.75 Å². The Labute approximate surface area is 87.5 Å². The van der Waals surface area contributed by atoms with Gasteiger partial charge in [-0.15, -0.1) is 0 Å². The first-order valence-corrected chi connectivity index (χ1v) is 5.19. The molecule has 0 atom stereocenters. The molecule has 70 valence electrons. The van der Waals surface area contributed by atoms with Gasteiger partial charge in [-0.05, 0) is 48.2 Å². The Kier molecular flexibility index (Phi) is 4.03. The number of aryl methyl sites for hydroxylation is 1. The predicted molar refractivity (Wildman–Crippen MR) is 60.3 cm³/mol. The molecule has 0 aromatic heterocycles. The summed E-state index contributed by atoms with van der Waals surface area (Å²) in [5, 5.41) is 0. The second kappa shape index (κ2) is 5.07. The van der Waals surface area contributed by atoms with Gasteiger partial charge in [0.25, 0.3) is 0 Å². The third-order valence-electron chi connectivity index (χ3n) is 1.75. The van der Waals surface area contributed by atoms with Crippen LogP contribution in [0.2, 0.25) is 0 Å². The van der Waals surface area contributed by atoms with Gasteiger partial charge < -0.3 is 4.74 Å². The van der Waals surface area contributed by atoms with Gasteiger partial charge in [0.15, 0.2) is 0 Å². The predicted octanol–water partition coefficient (Wildman–Crippen LogP) is 3.76. The second-order valence-electron chi connectivity index (χ2n) is 2.75. The fraction of sp³-hybridized carbons (Fsp3) is 0.273. The van der Waals surface area contributed by atoms with Crippen molar-refractivity contribution in [2.75, 3.05) is 6.61 Å². The Morgan fingerprint density at radius 2 is 2.23 bits per heavy atom. The molecule has 0 unspecified atom stereocenters. The third kappa shape index (κ3) is 2.88. The highest BCUT2D eigenvalue weighted by Gasteiger charge is 1.97. The van der Waals surface area contributed by atoms with E-state index in [1.54, 1.807) is 0 Å². The van der Waals surface area contributed by atoms with Crippen molar-refractivity contribution in [1.82, 2.24) is 0 Å². The Bertz CT molecular complexity index is 305. The summed E-state index contributed by atoms with van der Waals surface area (Å²) < 4.78 is 5.43. The van der Waals surface area contributed by atoms with E-state index < -0.39 is 0 Å². The normalized spacial score (nSPS) is 10.7. The molecule has 0 spiro atoms. The molecule has 2 heteroatoms. The van der Waals surface area contributed by atoms with E-state index in [2.05, 4.69) is 28.9 Å². The summed E-state index contributed by atoms with van der Waals surface area (Å²) in [5.74, 6) is 0.967. The van der Waals surface area contributed by atoms with Gasteiger partial charge in [-0.25, -0.2) is 0 Å². The zero-order valence-corrected chi connectivity index (χ0v) is 9.47. The number of hydrogen-bond donors (Lipinski definition) is 0. The van der Waals surface area contributed by atoms with E-state index in [0.717, 1.165) is 5.75 Å². The van der Waals surface area contributed by atoms with Crippen molar-refractivity contribution >= 4 is 22.0 Å². The molecule has 0 radical (unpaired) electrons. The maximum absolute atomic E-state index is 5.43. The lowest BCUT2D eigenvalue weighted by atomic mass is 10.1. The van der Waals surface area contributed by atoms with Crippen molar-refractivity contribution in [2.24, 2.45) is 0 Å². The minimum Gasteiger partial charge on any atom is -0.494 e. The molecule has 1 aromatic carbocycles. The highest BCUT2D eigenvalue weighted by molar-refractivity contribution is 9.11. The first-order valence-electron chi connectivity index (χ1n) is 4.28. The quantitative estimate of drug-likeness (QED) is 0.782. The van der Waals surface area contributed by atoms with Crippen molar-refractivity contribution in [3.8, 4) is 5.75 Å². The molecule has 1 aromatic rings. The van der Waals surface area contributed by atoms with Crippen LogP contribution >= 0.6 is 15.9 Å². The molecular weight excluding hydrogens is 228 g/mol. The van der Waals surface area contributed by atoms with Crippen LogP contribution in [0.4, 0.5) is 0 Å². The van der Waals surface area contributed by atoms with Crippen LogP contribution in [0.25, 0.3) is 6.08 Å². The van der Waals surface area contributed by atoms with Crippen molar-refractivity contribution in [1.29, 1.82) is 0 Å². The van der Waals surface area contributed by atoms with Crippen LogP contribution in [-0.2, 0) is 0 Å². The number of ether oxygens (including phenoxy) is 1. The largest absolute Gasteiger partial charge is 0.494 e. The van der Waals surface area contributed by atoms with Gasteiger partial charge in [0.05, 0.1) is 6.61 Å². The highest BCUT2D eigenvalue weighted by atomic mass is 79.9. The summed E-state index contributed by atoms with van der Waals surface area (Å²) in [6.45, 7) is 4.76. The second-order valence-corrected chi connectivity index (χ2v) is 3.28. The third-order valence-corrected chi connectivity index (χ3v) is 2.02. The molecule has 0 N–H and O–H groups in total. The van der Waals surface area contributed by atoms with Crippen LogP contribution in [-0.4, -0.2) is 6.61 Å². The molecule has 0 aliphatic heterocycles. The van der Waals surface area contributed by atoms with Gasteiger partial charge in [-0.2, -0.15) is 0 Å². The molecule has 1 rings (SSSR count). The molecule has 0 saturated heterocycles. The standard InChI is InChI=1S/C11H13BrO/c1-3-13-11-5-4-10(6-7-12)8-9(11)2/h4-8H,3H2,1-2H3/b7-6+. The van der Waals surface area contributed by atoms with Crippen LogP contribution in [0.1, 0.15) is 18.1 Å². The van der Waals surface area contributed by atoms with E-state index in [1.807, 2.05) is 30.1 Å². The summed E-state index contributed by atoms with van der Waals surface area (Å²) in [4.78, 5) is 1.85. The van der Waals surface area contributed by atoms with Crippen LogP contribution < -0.4 is 4.74 Å². The molecule has 0 fully saturated rings. The zero-order chi connectivity index (χ0) is 9.68. The molecule has 0 amide bonds. The lowest BCUT2D eigenvalue weighted by Gasteiger charge is -2.06. The fourth-order valence-electron chi connectivity index (χ4n) is 1.17. The molecule has 0 heterocycles. The minimum atomic E-state index is 0.717. The monoisotopic (exact) mass is 240 g/mol. The smallest absolute Gasteiger partial charge is 0.122 e. The van der Waals surface area contributed by atoms with E-state index in [-0.39, 0.29) is 0 Å². The minimum absolute atomic E-state index is 0.717. The van der Waals surface area contributed by atoms with E-state index in [1.165, 1.54) is 11.1 Å². The summed E-state index contributed by atoms with van der Waals surface area (Å²) in [5.41, 5.74) is 2.35. The Morgan fingerprint density at radius 3 is 2.77 bits per heavy atom. The van der Waals surface area contributed by atoms with E-state index in [4.69, 9.17) is 4.74 Å². The summed E-state index contributed by atoms with van der Waals surface area (Å²) in [7, 11) is 0. The molecule has 0 saturated carbocycles. The number of rotatable bonds is 3. The SMILES string of the molecule is CCOc1ccc(/C=C/Br)cc1C. The fourth-order valence-corrected chi connectivity index (χ4v) is 1.47. The van der Waals surface area contributed by atoms with Gasteiger partial charge in [-0.3, -0.25) is 0 Å². The first-order chi connectivity index (χ1) is 6.27. The summed E-state index contributed by atoms with van der Waals surface area (Å²) >= 11 is 3.25. The van der Waals surface area contributed by atoms with Gasteiger partial charge in [0.2, 0.25) is 0 Å². The van der Waals surface area contributed by atoms with Crippen molar-refractivity contribution in [2.45, 2.75) is 13.8 Å². The molecule has 1 nitrogen and oxygen atoms in total. The van der Waals surface area contributed by atoms with Crippen molar-refractivity contribution in [3.05, 3.63) is 34.3 Å². The molecule has 0 aliphatic carbocycles. The number of hydrogen-bond acceptors (Lipinski definition) is 1. The maximum atomic E-state index is 5.43. The number of benzene rings is 1. The van der Waals surface area contributed by atoms with E-state index in [9.17, 15) is 0 Å². The van der Waals surface area contributed by atoms with Gasteiger partial charge in [0, 0.05) is 0 Å². The lowest BCUT2D eigenvalue weighted by molar-refractivity contribution is 0.338. The maximum Gasteiger partial charge on any atom is 0.122 e.